The van der Waals surface area contributed by atoms with E-state index in [1.807, 2.05) is 29.2 Å². The summed E-state index contributed by atoms with van der Waals surface area (Å²) in [4.78, 5) is 3.99. The lowest BCUT2D eigenvalue weighted by molar-refractivity contribution is 0.727. The summed E-state index contributed by atoms with van der Waals surface area (Å²) < 4.78 is 3.15. The highest BCUT2D eigenvalue weighted by Crippen LogP contribution is 2.13. The van der Waals surface area contributed by atoms with Crippen molar-refractivity contribution >= 4 is 21.6 Å². The smallest absolute Gasteiger partial charge is 0.0946 e. The zero-order valence-electron chi connectivity index (χ0n) is 8.23. The van der Waals surface area contributed by atoms with Gasteiger partial charge in [0.1, 0.15) is 0 Å². The minimum absolute atomic E-state index is 0.901. The van der Waals surface area contributed by atoms with Crippen LogP contribution in [0.1, 0.15) is 0 Å². The summed E-state index contributed by atoms with van der Waals surface area (Å²) in [5, 5.41) is 3.34. The summed E-state index contributed by atoms with van der Waals surface area (Å²) in [5.41, 5.74) is 1.14. The monoisotopic (exact) mass is 265 g/mol. The Morgan fingerprint density at radius 2 is 2.07 bits per heavy atom. The molecule has 2 rings (SSSR count). The number of nitrogens with one attached hydrogen (secondary N) is 1. The van der Waals surface area contributed by atoms with E-state index in [1.54, 1.807) is 6.20 Å². The highest BCUT2D eigenvalue weighted by atomic mass is 79.9. The molecule has 78 valence electrons. The van der Waals surface area contributed by atoms with Crippen LogP contribution < -0.4 is 5.32 Å². The molecule has 0 spiro atoms. The van der Waals surface area contributed by atoms with Gasteiger partial charge in [0.05, 0.1) is 6.33 Å². The molecule has 4 heteroatoms. The van der Waals surface area contributed by atoms with E-state index in [0.29, 0.717) is 0 Å². The number of benzene rings is 1. The second-order valence-corrected chi connectivity index (χ2v) is 4.15. The van der Waals surface area contributed by atoms with Crippen molar-refractivity contribution in [3.05, 3.63) is 47.5 Å². The number of anilines is 1. The quantitative estimate of drug-likeness (QED) is 0.922. The van der Waals surface area contributed by atoms with Gasteiger partial charge in [-0.3, -0.25) is 0 Å². The predicted octanol–water partition coefficient (Wildman–Crippen LogP) is 2.76. The molecule has 0 aliphatic rings. The number of hydrogen-bond acceptors (Lipinski definition) is 2. The molecule has 0 bridgehead atoms. The maximum Gasteiger partial charge on any atom is 0.0946 e. The SMILES string of the molecule is Brc1ccc(NCCn2ccnc2)cc1. The van der Waals surface area contributed by atoms with Gasteiger partial charge in [0.2, 0.25) is 0 Å². The van der Waals surface area contributed by atoms with Crippen LogP contribution in [0.4, 0.5) is 5.69 Å². The van der Waals surface area contributed by atoms with Gasteiger partial charge in [-0.1, -0.05) is 15.9 Å². The van der Waals surface area contributed by atoms with Crippen LogP contribution in [0.3, 0.4) is 0 Å². The van der Waals surface area contributed by atoms with Crippen LogP contribution in [-0.2, 0) is 6.54 Å². The van der Waals surface area contributed by atoms with Crippen LogP contribution in [0.15, 0.2) is 47.5 Å². The van der Waals surface area contributed by atoms with Crippen molar-refractivity contribution in [3.63, 3.8) is 0 Å². The van der Waals surface area contributed by atoms with Crippen LogP contribution >= 0.6 is 15.9 Å². The topological polar surface area (TPSA) is 29.9 Å². The minimum Gasteiger partial charge on any atom is -0.383 e. The maximum absolute atomic E-state index is 3.99. The van der Waals surface area contributed by atoms with E-state index in [9.17, 15) is 0 Å². The van der Waals surface area contributed by atoms with Gasteiger partial charge in [-0.25, -0.2) is 4.98 Å². The summed E-state index contributed by atoms with van der Waals surface area (Å²) in [7, 11) is 0. The van der Waals surface area contributed by atoms with E-state index in [1.165, 1.54) is 0 Å². The van der Waals surface area contributed by atoms with E-state index in [0.717, 1.165) is 23.2 Å². The molecule has 15 heavy (non-hydrogen) atoms. The van der Waals surface area contributed by atoms with E-state index in [4.69, 9.17) is 0 Å². The molecular formula is C11H12BrN3. The van der Waals surface area contributed by atoms with E-state index in [2.05, 4.69) is 38.4 Å². The van der Waals surface area contributed by atoms with Crippen molar-refractivity contribution in [1.29, 1.82) is 0 Å². The van der Waals surface area contributed by atoms with Crippen LogP contribution in [0.2, 0.25) is 0 Å². The molecule has 1 N–H and O–H groups in total. The predicted molar refractivity (Wildman–Crippen MR) is 64.9 cm³/mol. The average Bonchev–Trinajstić information content (AvgIpc) is 2.74. The first-order chi connectivity index (χ1) is 7.34. The van der Waals surface area contributed by atoms with Gasteiger partial charge < -0.3 is 9.88 Å². The molecule has 0 atom stereocenters. The van der Waals surface area contributed by atoms with E-state index < -0.39 is 0 Å². The molecule has 0 aliphatic carbocycles. The third kappa shape index (κ3) is 3.09. The van der Waals surface area contributed by atoms with Gasteiger partial charge in [-0.2, -0.15) is 0 Å². The Morgan fingerprint density at radius 3 is 2.73 bits per heavy atom. The van der Waals surface area contributed by atoms with E-state index in [-0.39, 0.29) is 0 Å². The summed E-state index contributed by atoms with van der Waals surface area (Å²) in [6.07, 6.45) is 5.58. The molecule has 0 fully saturated rings. The Balaban J connectivity index is 1.81. The van der Waals surface area contributed by atoms with Crippen LogP contribution in [0.5, 0.6) is 0 Å². The first kappa shape index (κ1) is 10.2. The van der Waals surface area contributed by atoms with Gasteiger partial charge in [-0.15, -0.1) is 0 Å². The summed E-state index contributed by atoms with van der Waals surface area (Å²) in [5.74, 6) is 0. The van der Waals surface area contributed by atoms with Gasteiger partial charge in [0, 0.05) is 35.6 Å². The number of nitrogens with zero attached hydrogens (tertiary/aromatic N) is 2. The Kier molecular flexibility index (Phi) is 3.40. The average molecular weight is 266 g/mol. The Labute approximate surface area is 97.3 Å². The van der Waals surface area contributed by atoms with Gasteiger partial charge in [0.25, 0.3) is 0 Å². The fraction of sp³-hybridized carbons (Fsp3) is 0.182. The molecule has 1 aromatic heterocycles. The van der Waals surface area contributed by atoms with Crippen molar-refractivity contribution in [2.24, 2.45) is 0 Å². The first-order valence-corrected chi connectivity index (χ1v) is 5.59. The molecule has 3 nitrogen and oxygen atoms in total. The van der Waals surface area contributed by atoms with Crippen LogP contribution in [-0.4, -0.2) is 16.1 Å². The van der Waals surface area contributed by atoms with Gasteiger partial charge in [0.15, 0.2) is 0 Å². The molecule has 0 unspecified atom stereocenters. The Bertz CT molecular complexity index is 394. The Morgan fingerprint density at radius 1 is 1.27 bits per heavy atom. The fourth-order valence-corrected chi connectivity index (χ4v) is 1.58. The van der Waals surface area contributed by atoms with Crippen LogP contribution in [0, 0.1) is 0 Å². The zero-order chi connectivity index (χ0) is 10.5. The number of halogens is 1. The molecule has 0 amide bonds. The molecule has 0 radical (unpaired) electrons. The highest BCUT2D eigenvalue weighted by Gasteiger charge is 1.92. The fourth-order valence-electron chi connectivity index (χ4n) is 1.32. The summed E-state index contributed by atoms with van der Waals surface area (Å²) in [6.45, 7) is 1.83. The minimum atomic E-state index is 0.901. The van der Waals surface area contributed by atoms with E-state index >= 15 is 0 Å². The molecule has 0 saturated carbocycles. The molecule has 0 aliphatic heterocycles. The van der Waals surface area contributed by atoms with Crippen molar-refractivity contribution < 1.29 is 0 Å². The molecular weight excluding hydrogens is 254 g/mol. The summed E-state index contributed by atoms with van der Waals surface area (Å²) in [6, 6.07) is 8.16. The third-order valence-electron chi connectivity index (χ3n) is 2.10. The number of imidazole rings is 1. The normalized spacial score (nSPS) is 10.2. The third-order valence-corrected chi connectivity index (χ3v) is 2.63. The zero-order valence-corrected chi connectivity index (χ0v) is 9.81. The first-order valence-electron chi connectivity index (χ1n) is 4.80. The van der Waals surface area contributed by atoms with Crippen LogP contribution in [0.25, 0.3) is 0 Å². The number of rotatable bonds is 4. The standard InChI is InChI=1S/C11H12BrN3/c12-10-1-3-11(4-2-10)14-6-8-15-7-5-13-9-15/h1-5,7,9,14H,6,8H2. The van der Waals surface area contributed by atoms with Crippen molar-refractivity contribution in [2.75, 3.05) is 11.9 Å². The maximum atomic E-state index is 3.99. The van der Waals surface area contributed by atoms with Gasteiger partial charge >= 0.3 is 0 Å². The van der Waals surface area contributed by atoms with Crippen molar-refractivity contribution in [3.8, 4) is 0 Å². The second kappa shape index (κ2) is 4.98. The lowest BCUT2D eigenvalue weighted by atomic mass is 10.3. The molecule has 1 aromatic carbocycles. The number of aromatic nitrogens is 2. The highest BCUT2D eigenvalue weighted by molar-refractivity contribution is 9.10. The number of hydrogen-bond donors (Lipinski definition) is 1. The molecule has 1 heterocycles. The van der Waals surface area contributed by atoms with Crippen molar-refractivity contribution in [2.45, 2.75) is 6.54 Å². The van der Waals surface area contributed by atoms with Gasteiger partial charge in [-0.05, 0) is 24.3 Å². The van der Waals surface area contributed by atoms with Crippen molar-refractivity contribution in [1.82, 2.24) is 9.55 Å². The molecule has 0 saturated heterocycles. The Hall–Kier alpha value is -1.29. The largest absolute Gasteiger partial charge is 0.383 e. The molecule has 2 aromatic rings. The summed E-state index contributed by atoms with van der Waals surface area (Å²) >= 11 is 3.40. The lowest BCUT2D eigenvalue weighted by Crippen LogP contribution is -2.08. The second-order valence-electron chi connectivity index (χ2n) is 3.23. The lowest BCUT2D eigenvalue weighted by Gasteiger charge is -2.06.